The van der Waals surface area contributed by atoms with Crippen LogP contribution in [0.25, 0.3) is 0 Å². The van der Waals surface area contributed by atoms with Gasteiger partial charge in [0.15, 0.2) is 0 Å². The van der Waals surface area contributed by atoms with Crippen LogP contribution in [0.2, 0.25) is 5.02 Å². The molecule has 4 heteroatoms. The van der Waals surface area contributed by atoms with Gasteiger partial charge in [0.05, 0.1) is 5.56 Å². The number of pyridine rings is 1. The summed E-state index contributed by atoms with van der Waals surface area (Å²) in [5, 5.41) is 0.265. The molecule has 1 aromatic heterocycles. The SMILES string of the molecule is CCc1cccnc1C(=O)c1ccc(Cl)cc1F. The summed E-state index contributed by atoms with van der Waals surface area (Å²) in [5.41, 5.74) is 1.09. The summed E-state index contributed by atoms with van der Waals surface area (Å²) in [6.45, 7) is 1.92. The van der Waals surface area contributed by atoms with Gasteiger partial charge in [0.25, 0.3) is 0 Å². The van der Waals surface area contributed by atoms with Crippen LogP contribution in [0.5, 0.6) is 0 Å². The zero-order valence-corrected chi connectivity index (χ0v) is 10.5. The third-order valence-electron chi connectivity index (χ3n) is 2.66. The molecule has 0 spiro atoms. The number of halogens is 2. The molecular weight excluding hydrogens is 253 g/mol. The van der Waals surface area contributed by atoms with Crippen LogP contribution in [0.1, 0.15) is 28.5 Å². The van der Waals surface area contributed by atoms with Crippen LogP contribution in [0.15, 0.2) is 36.5 Å². The highest BCUT2D eigenvalue weighted by molar-refractivity contribution is 6.30. The Balaban J connectivity index is 2.48. The maximum atomic E-state index is 13.7. The lowest BCUT2D eigenvalue weighted by Gasteiger charge is -2.06. The summed E-state index contributed by atoms with van der Waals surface area (Å²) >= 11 is 5.66. The molecule has 0 aliphatic rings. The summed E-state index contributed by atoms with van der Waals surface area (Å²) in [6.07, 6.45) is 2.20. The average Bonchev–Trinajstić information content (AvgIpc) is 2.38. The van der Waals surface area contributed by atoms with E-state index in [0.29, 0.717) is 12.1 Å². The first-order valence-corrected chi connectivity index (χ1v) is 5.95. The number of carbonyl (C=O) groups excluding carboxylic acids is 1. The minimum atomic E-state index is -0.625. The molecule has 0 aliphatic carbocycles. The predicted molar refractivity (Wildman–Crippen MR) is 68.5 cm³/mol. The Morgan fingerprint density at radius 1 is 1.39 bits per heavy atom. The molecular formula is C14H11ClFNO. The van der Waals surface area contributed by atoms with E-state index in [-0.39, 0.29) is 10.6 Å². The van der Waals surface area contributed by atoms with Gasteiger partial charge in [-0.1, -0.05) is 24.6 Å². The first kappa shape index (κ1) is 12.7. The molecule has 0 radical (unpaired) electrons. The number of benzene rings is 1. The monoisotopic (exact) mass is 263 g/mol. The van der Waals surface area contributed by atoms with Crippen molar-refractivity contribution < 1.29 is 9.18 Å². The number of aromatic nitrogens is 1. The summed E-state index contributed by atoms with van der Waals surface area (Å²) in [6, 6.07) is 7.58. The van der Waals surface area contributed by atoms with Gasteiger partial charge in [-0.3, -0.25) is 9.78 Å². The highest BCUT2D eigenvalue weighted by atomic mass is 35.5. The number of ketones is 1. The zero-order valence-electron chi connectivity index (χ0n) is 9.78. The Labute approximate surface area is 109 Å². The lowest BCUT2D eigenvalue weighted by atomic mass is 10.0. The van der Waals surface area contributed by atoms with E-state index >= 15 is 0 Å². The molecule has 0 amide bonds. The maximum Gasteiger partial charge on any atom is 0.214 e. The van der Waals surface area contributed by atoms with E-state index in [1.54, 1.807) is 6.07 Å². The average molecular weight is 264 g/mol. The molecule has 0 bridgehead atoms. The lowest BCUT2D eigenvalue weighted by Crippen LogP contribution is -2.09. The first-order chi connectivity index (χ1) is 8.63. The van der Waals surface area contributed by atoms with Gasteiger partial charge in [0.1, 0.15) is 11.5 Å². The fourth-order valence-electron chi connectivity index (χ4n) is 1.73. The second-order valence-electron chi connectivity index (χ2n) is 3.82. The molecule has 1 aromatic carbocycles. The number of nitrogens with zero attached hydrogens (tertiary/aromatic N) is 1. The highest BCUT2D eigenvalue weighted by Gasteiger charge is 2.17. The smallest absolute Gasteiger partial charge is 0.214 e. The van der Waals surface area contributed by atoms with Crippen LogP contribution < -0.4 is 0 Å². The Morgan fingerprint density at radius 3 is 2.83 bits per heavy atom. The molecule has 0 N–H and O–H groups in total. The maximum absolute atomic E-state index is 13.7. The fraction of sp³-hybridized carbons (Fsp3) is 0.143. The fourth-order valence-corrected chi connectivity index (χ4v) is 1.89. The molecule has 0 unspecified atom stereocenters. The lowest BCUT2D eigenvalue weighted by molar-refractivity contribution is 0.102. The van der Waals surface area contributed by atoms with E-state index in [0.717, 1.165) is 11.6 Å². The molecule has 0 saturated heterocycles. The summed E-state index contributed by atoms with van der Waals surface area (Å²) in [7, 11) is 0. The topological polar surface area (TPSA) is 30.0 Å². The van der Waals surface area contributed by atoms with Crippen molar-refractivity contribution in [1.29, 1.82) is 0 Å². The third kappa shape index (κ3) is 2.41. The van der Waals surface area contributed by atoms with Gasteiger partial charge in [0, 0.05) is 11.2 Å². The number of rotatable bonds is 3. The Hall–Kier alpha value is -1.74. The minimum Gasteiger partial charge on any atom is -0.287 e. The zero-order chi connectivity index (χ0) is 13.1. The molecule has 0 saturated carbocycles. The number of aryl methyl sites for hydroxylation is 1. The van der Waals surface area contributed by atoms with Gasteiger partial charge >= 0.3 is 0 Å². The van der Waals surface area contributed by atoms with Crippen LogP contribution >= 0.6 is 11.6 Å². The summed E-state index contributed by atoms with van der Waals surface area (Å²) in [4.78, 5) is 16.3. The van der Waals surface area contributed by atoms with Crippen LogP contribution in [0.4, 0.5) is 4.39 Å². The van der Waals surface area contributed by atoms with E-state index in [2.05, 4.69) is 4.98 Å². The molecule has 0 atom stereocenters. The Bertz CT molecular complexity index is 598. The number of hydrogen-bond donors (Lipinski definition) is 0. The normalized spacial score (nSPS) is 10.4. The molecule has 0 fully saturated rings. The van der Waals surface area contributed by atoms with E-state index in [4.69, 9.17) is 11.6 Å². The van der Waals surface area contributed by atoms with E-state index < -0.39 is 11.6 Å². The quantitative estimate of drug-likeness (QED) is 0.791. The Morgan fingerprint density at radius 2 is 2.17 bits per heavy atom. The van der Waals surface area contributed by atoms with Crippen molar-refractivity contribution in [2.75, 3.05) is 0 Å². The highest BCUT2D eigenvalue weighted by Crippen LogP contribution is 2.19. The van der Waals surface area contributed by atoms with Gasteiger partial charge in [0.2, 0.25) is 5.78 Å². The van der Waals surface area contributed by atoms with Crippen LogP contribution in [-0.2, 0) is 6.42 Å². The first-order valence-electron chi connectivity index (χ1n) is 5.57. The molecule has 1 heterocycles. The second kappa shape index (κ2) is 5.27. The molecule has 2 nitrogen and oxygen atoms in total. The number of hydrogen-bond acceptors (Lipinski definition) is 2. The van der Waals surface area contributed by atoms with Gasteiger partial charge in [-0.2, -0.15) is 0 Å². The molecule has 2 aromatic rings. The standard InChI is InChI=1S/C14H11ClFNO/c1-2-9-4-3-7-17-13(9)14(18)11-6-5-10(15)8-12(11)16/h3-8H,2H2,1H3. The molecule has 0 aliphatic heterocycles. The van der Waals surface area contributed by atoms with Crippen molar-refractivity contribution in [1.82, 2.24) is 4.98 Å². The molecule has 18 heavy (non-hydrogen) atoms. The van der Waals surface area contributed by atoms with E-state index in [1.807, 2.05) is 13.0 Å². The van der Waals surface area contributed by atoms with Crippen molar-refractivity contribution in [2.45, 2.75) is 13.3 Å². The molecule has 92 valence electrons. The second-order valence-corrected chi connectivity index (χ2v) is 4.25. The summed E-state index contributed by atoms with van der Waals surface area (Å²) in [5.74, 6) is -1.04. The van der Waals surface area contributed by atoms with Crippen molar-refractivity contribution in [3.05, 3.63) is 64.2 Å². The van der Waals surface area contributed by atoms with Crippen LogP contribution in [0.3, 0.4) is 0 Å². The van der Waals surface area contributed by atoms with E-state index in [1.165, 1.54) is 18.3 Å². The van der Waals surface area contributed by atoms with Crippen molar-refractivity contribution >= 4 is 17.4 Å². The largest absolute Gasteiger partial charge is 0.287 e. The van der Waals surface area contributed by atoms with Crippen molar-refractivity contribution in [3.63, 3.8) is 0 Å². The summed E-state index contributed by atoms with van der Waals surface area (Å²) < 4.78 is 13.7. The van der Waals surface area contributed by atoms with Gasteiger partial charge in [-0.25, -0.2) is 4.39 Å². The predicted octanol–water partition coefficient (Wildman–Crippen LogP) is 3.67. The number of carbonyl (C=O) groups is 1. The third-order valence-corrected chi connectivity index (χ3v) is 2.90. The van der Waals surface area contributed by atoms with Gasteiger partial charge in [-0.05, 0) is 36.2 Å². The van der Waals surface area contributed by atoms with Gasteiger partial charge < -0.3 is 0 Å². The van der Waals surface area contributed by atoms with Gasteiger partial charge in [-0.15, -0.1) is 0 Å². The van der Waals surface area contributed by atoms with Crippen molar-refractivity contribution in [3.8, 4) is 0 Å². The van der Waals surface area contributed by atoms with Crippen LogP contribution in [0, 0.1) is 5.82 Å². The van der Waals surface area contributed by atoms with Crippen LogP contribution in [-0.4, -0.2) is 10.8 Å². The molecule has 2 rings (SSSR count). The minimum absolute atomic E-state index is 0.00667. The Kier molecular flexibility index (Phi) is 3.72. The van der Waals surface area contributed by atoms with Crippen molar-refractivity contribution in [2.24, 2.45) is 0 Å². The van der Waals surface area contributed by atoms with E-state index in [9.17, 15) is 9.18 Å².